The minimum absolute atomic E-state index is 0.0255. The van der Waals surface area contributed by atoms with E-state index in [0.29, 0.717) is 13.0 Å². The second kappa shape index (κ2) is 14.8. The summed E-state index contributed by atoms with van der Waals surface area (Å²) in [6.45, 7) is 5.62. The quantitative estimate of drug-likeness (QED) is 0.340. The maximum atomic E-state index is 13.4. The van der Waals surface area contributed by atoms with Gasteiger partial charge in [-0.3, -0.25) is 0 Å². The first-order valence-electron chi connectivity index (χ1n) is 14.1. The number of carbonyl (C=O) groups is 1. The molecule has 2 aliphatic rings. The van der Waals surface area contributed by atoms with Crippen LogP contribution >= 0.6 is 0 Å². The molecule has 0 spiro atoms. The van der Waals surface area contributed by atoms with Crippen molar-refractivity contribution in [3.8, 4) is 0 Å². The molecule has 6 heteroatoms. The van der Waals surface area contributed by atoms with Crippen molar-refractivity contribution in [3.05, 3.63) is 35.9 Å². The van der Waals surface area contributed by atoms with Crippen molar-refractivity contribution in [1.29, 1.82) is 0 Å². The number of rotatable bonds is 13. The number of amides is 2. The lowest BCUT2D eigenvalue weighted by atomic mass is 9.74. The SMILES string of the molecule is CCOCCCC[C@@](O)(c1ccccc1)[C@@H]1CCCN(C(=O)N[C@H](CNC)CC2CCCCC2)C1. The summed E-state index contributed by atoms with van der Waals surface area (Å²) in [6.07, 6.45) is 12.0. The molecule has 2 fully saturated rings. The smallest absolute Gasteiger partial charge is 0.317 e. The van der Waals surface area contributed by atoms with Gasteiger partial charge in [-0.2, -0.15) is 0 Å². The number of nitrogens with zero attached hydrogens (tertiary/aromatic N) is 1. The molecule has 1 saturated heterocycles. The van der Waals surface area contributed by atoms with Gasteiger partial charge in [0.05, 0.1) is 5.60 Å². The monoisotopic (exact) mass is 487 g/mol. The van der Waals surface area contributed by atoms with E-state index >= 15 is 0 Å². The minimum Gasteiger partial charge on any atom is -0.385 e. The zero-order chi connectivity index (χ0) is 24.9. The zero-order valence-corrected chi connectivity index (χ0v) is 22.1. The van der Waals surface area contributed by atoms with Gasteiger partial charge in [-0.1, -0.05) is 62.4 Å². The van der Waals surface area contributed by atoms with Crippen molar-refractivity contribution < 1.29 is 14.6 Å². The third-order valence-corrected chi connectivity index (χ3v) is 8.08. The van der Waals surface area contributed by atoms with Gasteiger partial charge < -0.3 is 25.4 Å². The molecule has 0 unspecified atom stereocenters. The predicted molar refractivity (Wildman–Crippen MR) is 142 cm³/mol. The number of piperidine rings is 1. The maximum Gasteiger partial charge on any atom is 0.317 e. The van der Waals surface area contributed by atoms with Gasteiger partial charge in [0.15, 0.2) is 0 Å². The normalized spacial score (nSPS) is 21.9. The summed E-state index contributed by atoms with van der Waals surface area (Å²) in [4.78, 5) is 15.3. The van der Waals surface area contributed by atoms with Crippen LogP contribution in [0.15, 0.2) is 30.3 Å². The highest BCUT2D eigenvalue weighted by molar-refractivity contribution is 5.74. The van der Waals surface area contributed by atoms with E-state index in [9.17, 15) is 9.90 Å². The van der Waals surface area contributed by atoms with E-state index in [4.69, 9.17) is 4.74 Å². The Hall–Kier alpha value is -1.63. The average molecular weight is 488 g/mol. The maximum absolute atomic E-state index is 13.4. The topological polar surface area (TPSA) is 73.8 Å². The fourth-order valence-corrected chi connectivity index (χ4v) is 6.14. The number of ether oxygens (including phenoxy) is 1. The Kier molecular flexibility index (Phi) is 11.8. The van der Waals surface area contributed by atoms with E-state index in [1.54, 1.807) is 0 Å². The van der Waals surface area contributed by atoms with Gasteiger partial charge in [-0.15, -0.1) is 0 Å². The highest BCUT2D eigenvalue weighted by Gasteiger charge is 2.41. The van der Waals surface area contributed by atoms with Gasteiger partial charge in [0.1, 0.15) is 0 Å². The first-order valence-corrected chi connectivity index (χ1v) is 14.1. The van der Waals surface area contributed by atoms with E-state index in [0.717, 1.165) is 69.9 Å². The Morgan fingerprint density at radius 3 is 2.63 bits per heavy atom. The van der Waals surface area contributed by atoms with Gasteiger partial charge in [0.25, 0.3) is 0 Å². The summed E-state index contributed by atoms with van der Waals surface area (Å²) in [5.74, 6) is 0.744. The van der Waals surface area contributed by atoms with Crippen LogP contribution in [0.4, 0.5) is 4.79 Å². The molecule has 1 aliphatic carbocycles. The van der Waals surface area contributed by atoms with E-state index in [1.165, 1.54) is 32.1 Å². The Morgan fingerprint density at radius 2 is 1.91 bits per heavy atom. The van der Waals surface area contributed by atoms with Gasteiger partial charge in [-0.05, 0) is 64.0 Å². The fourth-order valence-electron chi connectivity index (χ4n) is 6.14. The molecule has 0 aromatic heterocycles. The number of unbranched alkanes of at least 4 members (excludes halogenated alkanes) is 1. The highest BCUT2D eigenvalue weighted by atomic mass is 16.5. The van der Waals surface area contributed by atoms with Crippen molar-refractivity contribution in [2.45, 2.75) is 89.2 Å². The molecule has 1 aromatic rings. The standard InChI is InChI=1S/C29H49N3O3/c1-3-35-20-11-10-18-29(34,25-15-8-5-9-16-25)26-17-12-19-32(23-26)28(33)31-27(22-30-2)21-24-13-6-4-7-14-24/h5,8-9,15-16,24,26-27,30,34H,3-4,6-7,10-14,17-23H2,1-2H3,(H,31,33)/t26-,27+,29-/m1/s1. The van der Waals surface area contributed by atoms with Gasteiger partial charge in [-0.25, -0.2) is 4.79 Å². The van der Waals surface area contributed by atoms with Crippen LogP contribution in [-0.4, -0.2) is 62.0 Å². The van der Waals surface area contributed by atoms with Crippen LogP contribution in [-0.2, 0) is 10.3 Å². The lowest BCUT2D eigenvalue weighted by Gasteiger charge is -2.43. The number of urea groups is 1. The Labute approximate surface area is 213 Å². The Bertz CT molecular complexity index is 725. The minimum atomic E-state index is -0.932. The van der Waals surface area contributed by atoms with Gasteiger partial charge in [0.2, 0.25) is 0 Å². The summed E-state index contributed by atoms with van der Waals surface area (Å²) in [5, 5.41) is 18.7. The molecule has 0 radical (unpaired) electrons. The van der Waals surface area contributed by atoms with Crippen molar-refractivity contribution in [2.24, 2.45) is 11.8 Å². The molecule has 35 heavy (non-hydrogen) atoms. The molecule has 1 saturated carbocycles. The second-order valence-corrected chi connectivity index (χ2v) is 10.7. The van der Waals surface area contributed by atoms with E-state index < -0.39 is 5.60 Å². The van der Waals surface area contributed by atoms with Crippen LogP contribution in [0.25, 0.3) is 0 Å². The van der Waals surface area contributed by atoms with Crippen molar-refractivity contribution >= 4 is 6.03 Å². The van der Waals surface area contributed by atoms with Crippen LogP contribution < -0.4 is 10.6 Å². The van der Waals surface area contributed by atoms with Crippen molar-refractivity contribution in [3.63, 3.8) is 0 Å². The number of likely N-dealkylation sites (N-methyl/N-ethyl adjacent to an activating group) is 1. The second-order valence-electron chi connectivity index (χ2n) is 10.7. The molecule has 3 N–H and O–H groups in total. The number of hydrogen-bond donors (Lipinski definition) is 3. The summed E-state index contributed by atoms with van der Waals surface area (Å²) in [7, 11) is 1.96. The molecular weight excluding hydrogens is 438 g/mol. The Morgan fingerprint density at radius 1 is 1.14 bits per heavy atom. The number of benzene rings is 1. The number of carbonyl (C=O) groups excluding carboxylic acids is 1. The average Bonchev–Trinajstić information content (AvgIpc) is 2.89. The van der Waals surface area contributed by atoms with E-state index in [2.05, 4.69) is 10.6 Å². The van der Waals surface area contributed by atoms with Crippen LogP contribution in [0.5, 0.6) is 0 Å². The number of nitrogens with one attached hydrogen (secondary N) is 2. The lowest BCUT2D eigenvalue weighted by Crippen LogP contribution is -2.54. The fraction of sp³-hybridized carbons (Fsp3) is 0.759. The molecule has 6 nitrogen and oxygen atoms in total. The van der Waals surface area contributed by atoms with Gasteiger partial charge >= 0.3 is 6.03 Å². The van der Waals surface area contributed by atoms with E-state index in [-0.39, 0.29) is 18.0 Å². The summed E-state index contributed by atoms with van der Waals surface area (Å²) >= 11 is 0. The zero-order valence-electron chi connectivity index (χ0n) is 22.1. The van der Waals surface area contributed by atoms with Crippen LogP contribution in [0.1, 0.15) is 83.1 Å². The van der Waals surface area contributed by atoms with Crippen molar-refractivity contribution in [2.75, 3.05) is 39.9 Å². The molecule has 2 amide bonds. The third kappa shape index (κ3) is 8.47. The lowest BCUT2D eigenvalue weighted by molar-refractivity contribution is -0.0565. The first-order chi connectivity index (χ1) is 17.1. The van der Waals surface area contributed by atoms with E-state index in [1.807, 2.05) is 49.2 Å². The molecule has 198 valence electrons. The third-order valence-electron chi connectivity index (χ3n) is 8.08. The number of likely N-dealkylation sites (tertiary alicyclic amines) is 1. The summed E-state index contributed by atoms with van der Waals surface area (Å²) < 4.78 is 5.51. The number of hydrogen-bond acceptors (Lipinski definition) is 4. The largest absolute Gasteiger partial charge is 0.385 e. The molecule has 1 heterocycles. The molecule has 0 bridgehead atoms. The molecular formula is C29H49N3O3. The highest BCUT2D eigenvalue weighted by Crippen LogP contribution is 2.39. The molecule has 3 atom stereocenters. The van der Waals surface area contributed by atoms with Crippen molar-refractivity contribution in [1.82, 2.24) is 15.5 Å². The van der Waals surface area contributed by atoms with Crippen LogP contribution in [0.2, 0.25) is 0 Å². The van der Waals surface area contributed by atoms with Crippen LogP contribution in [0, 0.1) is 11.8 Å². The Balaban J connectivity index is 1.63. The van der Waals surface area contributed by atoms with Gasteiger partial charge in [0, 0.05) is 44.8 Å². The summed E-state index contributed by atoms with van der Waals surface area (Å²) in [5.41, 5.74) is 0.0350. The number of aliphatic hydroxyl groups is 1. The predicted octanol–water partition coefficient (Wildman–Crippen LogP) is 5.06. The summed E-state index contributed by atoms with van der Waals surface area (Å²) in [6, 6.07) is 10.3. The molecule has 1 aromatic carbocycles. The first kappa shape index (κ1) is 27.9. The molecule has 1 aliphatic heterocycles. The molecule has 3 rings (SSSR count). The van der Waals surface area contributed by atoms with Crippen LogP contribution in [0.3, 0.4) is 0 Å².